The highest BCUT2D eigenvalue weighted by Crippen LogP contribution is 2.10. The van der Waals surface area contributed by atoms with Crippen LogP contribution >= 0.6 is 0 Å². The third-order valence-corrected chi connectivity index (χ3v) is 1.90. The number of hydrogen-bond acceptors (Lipinski definition) is 2. The molecule has 17 heavy (non-hydrogen) atoms. The Balaban J connectivity index is 0. The smallest absolute Gasteiger partial charge is 0.152 e. The van der Waals surface area contributed by atoms with Gasteiger partial charge in [-0.3, -0.25) is 9.78 Å². The van der Waals surface area contributed by atoms with E-state index in [1.807, 2.05) is 36.4 Å². The van der Waals surface area contributed by atoms with Crippen LogP contribution in [0.1, 0.15) is 22.2 Å². The second-order valence-corrected chi connectivity index (χ2v) is 3.34. The number of ketones is 1. The molecule has 2 nitrogen and oxygen atoms in total. The highest BCUT2D eigenvalue weighted by atomic mass is 16.1. The fraction of sp³-hybridized carbons (Fsp3) is 0.200. The second-order valence-electron chi connectivity index (χ2n) is 3.34. The van der Waals surface area contributed by atoms with Gasteiger partial charge in [-0.25, -0.2) is 0 Å². The Bertz CT molecular complexity index is 381. The van der Waals surface area contributed by atoms with Crippen molar-refractivity contribution in [2.75, 3.05) is 0 Å². The summed E-state index contributed by atoms with van der Waals surface area (Å²) < 4.78 is 0. The second kappa shape index (κ2) is 9.28. The van der Waals surface area contributed by atoms with E-state index in [2.05, 4.69) is 11.1 Å². The molecular formula is C15H21NO. The fourth-order valence-corrected chi connectivity index (χ4v) is 1.12. The van der Waals surface area contributed by atoms with Crippen LogP contribution in [0, 0.1) is 0 Å². The lowest BCUT2D eigenvalue weighted by atomic mass is 10.2. The number of hydrogen-bond donors (Lipinski definition) is 0. The largest absolute Gasteiger partial charge is 0.295 e. The number of rotatable bonds is 2. The molecule has 2 rings (SSSR count). The van der Waals surface area contributed by atoms with Crippen molar-refractivity contribution < 1.29 is 6.22 Å². The summed E-state index contributed by atoms with van der Waals surface area (Å²) in [7, 11) is 0. The van der Waals surface area contributed by atoms with E-state index in [0.717, 1.165) is 6.42 Å². The molecule has 0 bridgehead atoms. The molecule has 0 radical (unpaired) electrons. The van der Waals surface area contributed by atoms with Crippen LogP contribution in [0.5, 0.6) is 0 Å². The Morgan fingerprint density at radius 2 is 2.06 bits per heavy atom. The molecule has 1 aromatic rings. The molecule has 1 aliphatic rings. The average molecular weight is 232 g/mol. The summed E-state index contributed by atoms with van der Waals surface area (Å²) in [4.78, 5) is 14.3. The Morgan fingerprint density at radius 3 is 2.41 bits per heavy atom. The van der Waals surface area contributed by atoms with E-state index < -0.39 is 0 Å². The number of carbonyl (C=O) groups is 1. The number of allylic oxidation sites excluding steroid dienone is 6. The molecule has 2 heteroatoms. The lowest BCUT2D eigenvalue weighted by molar-refractivity contribution is -0.112. The highest BCUT2D eigenvalue weighted by Gasteiger charge is 1.92. The van der Waals surface area contributed by atoms with Gasteiger partial charge in [-0.1, -0.05) is 37.8 Å². The molecule has 0 amide bonds. The molecule has 0 fully saturated rings. The van der Waals surface area contributed by atoms with Crippen LogP contribution in [0.15, 0.2) is 66.5 Å². The van der Waals surface area contributed by atoms with E-state index in [1.165, 1.54) is 5.57 Å². The molecule has 0 aliphatic heterocycles. The van der Waals surface area contributed by atoms with Crippen LogP contribution < -0.4 is 0 Å². The standard InChI is InChI=1S/C9H10O.C5H5N.CH4.H2/c1-8(10)6-7-9-4-2-3-5-9;1-2-4-6-5-3-1;;/h2-4,6-7H,5H2,1H3;1-5H;1H4;1H/i;;;1+1. The van der Waals surface area contributed by atoms with Crippen molar-refractivity contribution in [1.82, 2.24) is 4.98 Å². The van der Waals surface area contributed by atoms with Gasteiger partial charge in [0.25, 0.3) is 0 Å². The van der Waals surface area contributed by atoms with Crippen LogP contribution in [0.2, 0.25) is 0 Å². The number of carbonyl (C=O) groups excluding carboxylic acids is 1. The monoisotopic (exact) mass is 232 g/mol. The summed E-state index contributed by atoms with van der Waals surface area (Å²) in [5.74, 6) is 0.104. The zero-order valence-electron chi connectivity index (χ0n) is 9.34. The molecule has 92 valence electrons. The van der Waals surface area contributed by atoms with Crippen LogP contribution in [-0.2, 0) is 4.79 Å². The molecule has 0 N–H and O–H groups in total. The van der Waals surface area contributed by atoms with Crippen LogP contribution in [0.25, 0.3) is 0 Å². The van der Waals surface area contributed by atoms with E-state index >= 15 is 0 Å². The highest BCUT2D eigenvalue weighted by molar-refractivity contribution is 5.87. The minimum absolute atomic E-state index is 0. The Morgan fingerprint density at radius 1 is 1.35 bits per heavy atom. The minimum Gasteiger partial charge on any atom is -0.295 e. The van der Waals surface area contributed by atoms with Gasteiger partial charge in [0.15, 0.2) is 5.78 Å². The van der Waals surface area contributed by atoms with Gasteiger partial charge in [-0.15, -0.1) is 0 Å². The van der Waals surface area contributed by atoms with Gasteiger partial charge in [0.1, 0.15) is 0 Å². The maximum absolute atomic E-state index is 10.5. The molecule has 1 heterocycles. The molecule has 1 aromatic heterocycles. The fourth-order valence-electron chi connectivity index (χ4n) is 1.12. The van der Waals surface area contributed by atoms with Crippen LogP contribution in [0.3, 0.4) is 0 Å². The Hall–Kier alpha value is -1.96. The van der Waals surface area contributed by atoms with Gasteiger partial charge in [0.2, 0.25) is 0 Å². The SMILES string of the molecule is C.CC(=O)C=CC1=CC=CC1.[2HH].c1ccncc1. The van der Waals surface area contributed by atoms with Crippen molar-refractivity contribution in [3.8, 4) is 0 Å². The summed E-state index contributed by atoms with van der Waals surface area (Å²) >= 11 is 0. The van der Waals surface area contributed by atoms with E-state index in [0.29, 0.717) is 0 Å². The van der Waals surface area contributed by atoms with Crippen molar-refractivity contribution in [3.05, 3.63) is 66.5 Å². The average Bonchev–Trinajstić information content (AvgIpc) is 2.82. The van der Waals surface area contributed by atoms with Crippen molar-refractivity contribution in [2.45, 2.75) is 20.8 Å². The maximum atomic E-state index is 10.5. The quantitative estimate of drug-likeness (QED) is 0.722. The van der Waals surface area contributed by atoms with Gasteiger partial charge in [0.05, 0.1) is 0 Å². The van der Waals surface area contributed by atoms with E-state index in [1.54, 1.807) is 25.4 Å². The zero-order chi connectivity index (χ0) is 11.6. The van der Waals surface area contributed by atoms with Crippen LogP contribution in [-0.4, -0.2) is 10.8 Å². The van der Waals surface area contributed by atoms with Gasteiger partial charge in [-0.2, -0.15) is 0 Å². The predicted octanol–water partition coefficient (Wildman–Crippen LogP) is 3.98. The summed E-state index contributed by atoms with van der Waals surface area (Å²) in [5, 5.41) is 0. The summed E-state index contributed by atoms with van der Waals surface area (Å²) in [5.41, 5.74) is 1.20. The number of aromatic nitrogens is 1. The van der Waals surface area contributed by atoms with Gasteiger partial charge in [-0.05, 0) is 37.1 Å². The first-order valence-electron chi connectivity index (χ1n) is 5.18. The lowest BCUT2D eigenvalue weighted by Gasteiger charge is -1.87. The zero-order valence-corrected chi connectivity index (χ0v) is 9.34. The summed E-state index contributed by atoms with van der Waals surface area (Å²) in [6, 6.07) is 5.72. The number of pyridine rings is 1. The predicted molar refractivity (Wildman–Crippen MR) is 74.7 cm³/mol. The topological polar surface area (TPSA) is 30.0 Å². The first-order chi connectivity index (χ1) is 7.79. The molecule has 0 spiro atoms. The van der Waals surface area contributed by atoms with E-state index in [9.17, 15) is 4.79 Å². The summed E-state index contributed by atoms with van der Waals surface area (Å²) in [6.45, 7) is 1.56. The number of nitrogens with zero attached hydrogens (tertiary/aromatic N) is 1. The first-order valence-corrected chi connectivity index (χ1v) is 5.18. The van der Waals surface area contributed by atoms with Gasteiger partial charge >= 0.3 is 0 Å². The normalized spacial score (nSPS) is 12.4. The molecule has 0 unspecified atom stereocenters. The van der Waals surface area contributed by atoms with Crippen LogP contribution in [0.4, 0.5) is 0 Å². The van der Waals surface area contributed by atoms with E-state index in [-0.39, 0.29) is 14.6 Å². The molecule has 0 aromatic carbocycles. The summed E-state index contributed by atoms with van der Waals surface area (Å²) in [6.07, 6.45) is 14.0. The molecule has 0 saturated carbocycles. The first kappa shape index (κ1) is 15.0. The third kappa shape index (κ3) is 7.91. The van der Waals surface area contributed by atoms with Crippen molar-refractivity contribution in [2.24, 2.45) is 0 Å². The van der Waals surface area contributed by atoms with Crippen molar-refractivity contribution in [3.63, 3.8) is 0 Å². The van der Waals surface area contributed by atoms with Crippen molar-refractivity contribution in [1.29, 1.82) is 0 Å². The van der Waals surface area contributed by atoms with Crippen molar-refractivity contribution >= 4 is 5.78 Å². The maximum Gasteiger partial charge on any atom is 0.152 e. The van der Waals surface area contributed by atoms with Gasteiger partial charge in [0, 0.05) is 13.8 Å². The minimum atomic E-state index is 0. The Kier molecular flexibility index (Phi) is 8.21. The molecular weight excluding hydrogens is 210 g/mol. The van der Waals surface area contributed by atoms with E-state index in [4.69, 9.17) is 0 Å². The molecule has 0 atom stereocenters. The Labute approximate surface area is 105 Å². The third-order valence-electron chi connectivity index (χ3n) is 1.90. The molecule has 1 aliphatic carbocycles. The lowest BCUT2D eigenvalue weighted by Crippen LogP contribution is -1.80. The van der Waals surface area contributed by atoms with Gasteiger partial charge < -0.3 is 0 Å². The molecule has 0 saturated heterocycles.